The van der Waals surface area contributed by atoms with E-state index in [0.717, 1.165) is 5.56 Å². The SMILES string of the molecule is C[C@H](O)[C@](C)(O)Cc1ccccc1. The molecule has 0 radical (unpaired) electrons. The number of benzene rings is 1. The lowest BCUT2D eigenvalue weighted by Crippen LogP contribution is -2.39. The molecule has 0 aliphatic carbocycles. The molecule has 2 atom stereocenters. The average molecular weight is 180 g/mol. The molecule has 2 nitrogen and oxygen atoms in total. The molecule has 0 fully saturated rings. The molecule has 72 valence electrons. The normalized spacial score (nSPS) is 17.8. The van der Waals surface area contributed by atoms with Gasteiger partial charge < -0.3 is 10.2 Å². The highest BCUT2D eigenvalue weighted by Gasteiger charge is 2.26. The molecule has 0 bridgehead atoms. The molecule has 2 heteroatoms. The molecule has 0 heterocycles. The quantitative estimate of drug-likeness (QED) is 0.737. The van der Waals surface area contributed by atoms with Gasteiger partial charge in [-0.2, -0.15) is 0 Å². The lowest BCUT2D eigenvalue weighted by Gasteiger charge is -2.26. The predicted molar refractivity (Wildman–Crippen MR) is 52.5 cm³/mol. The minimum atomic E-state index is -1.04. The van der Waals surface area contributed by atoms with Crippen molar-refractivity contribution in [1.82, 2.24) is 0 Å². The van der Waals surface area contributed by atoms with Crippen LogP contribution in [0.3, 0.4) is 0 Å². The molecular formula is C11H16O2. The first-order valence-corrected chi connectivity index (χ1v) is 4.47. The summed E-state index contributed by atoms with van der Waals surface area (Å²) in [6.45, 7) is 3.24. The van der Waals surface area contributed by atoms with Gasteiger partial charge in [-0.15, -0.1) is 0 Å². The fourth-order valence-corrected chi connectivity index (χ4v) is 1.16. The van der Waals surface area contributed by atoms with E-state index < -0.39 is 11.7 Å². The lowest BCUT2D eigenvalue weighted by atomic mass is 9.92. The molecule has 0 saturated carbocycles. The van der Waals surface area contributed by atoms with Crippen LogP contribution in [0.4, 0.5) is 0 Å². The van der Waals surface area contributed by atoms with E-state index in [1.54, 1.807) is 13.8 Å². The topological polar surface area (TPSA) is 40.5 Å². The summed E-state index contributed by atoms with van der Waals surface area (Å²) in [5.74, 6) is 0. The van der Waals surface area contributed by atoms with Gasteiger partial charge in [0.15, 0.2) is 0 Å². The highest BCUT2D eigenvalue weighted by molar-refractivity contribution is 5.17. The Labute approximate surface area is 78.8 Å². The Morgan fingerprint density at radius 1 is 1.31 bits per heavy atom. The van der Waals surface area contributed by atoms with Crippen LogP contribution in [0.1, 0.15) is 19.4 Å². The highest BCUT2D eigenvalue weighted by Crippen LogP contribution is 2.16. The van der Waals surface area contributed by atoms with Gasteiger partial charge in [0.2, 0.25) is 0 Å². The highest BCUT2D eigenvalue weighted by atomic mass is 16.3. The van der Waals surface area contributed by atoms with Crippen molar-refractivity contribution in [3.63, 3.8) is 0 Å². The third-order valence-corrected chi connectivity index (χ3v) is 2.30. The van der Waals surface area contributed by atoms with Crippen molar-refractivity contribution in [3.05, 3.63) is 35.9 Å². The van der Waals surface area contributed by atoms with Crippen molar-refractivity contribution in [2.45, 2.75) is 32.0 Å². The van der Waals surface area contributed by atoms with Crippen molar-refractivity contribution in [2.24, 2.45) is 0 Å². The minimum Gasteiger partial charge on any atom is -0.390 e. The van der Waals surface area contributed by atoms with E-state index in [-0.39, 0.29) is 0 Å². The minimum absolute atomic E-state index is 0.478. The Morgan fingerprint density at radius 2 is 1.85 bits per heavy atom. The molecule has 1 rings (SSSR count). The van der Waals surface area contributed by atoms with E-state index in [0.29, 0.717) is 6.42 Å². The summed E-state index contributed by atoms with van der Waals surface area (Å²) in [6, 6.07) is 9.66. The van der Waals surface area contributed by atoms with E-state index in [2.05, 4.69) is 0 Å². The van der Waals surface area contributed by atoms with Crippen molar-refractivity contribution >= 4 is 0 Å². The molecule has 0 aromatic heterocycles. The number of aliphatic hydroxyl groups excluding tert-OH is 1. The van der Waals surface area contributed by atoms with Gasteiger partial charge in [0.05, 0.1) is 11.7 Å². The van der Waals surface area contributed by atoms with Gasteiger partial charge in [-0.3, -0.25) is 0 Å². The molecule has 0 saturated heterocycles. The van der Waals surface area contributed by atoms with Gasteiger partial charge in [-0.05, 0) is 19.4 Å². The second kappa shape index (κ2) is 3.90. The fourth-order valence-electron chi connectivity index (χ4n) is 1.16. The van der Waals surface area contributed by atoms with Crippen LogP contribution in [-0.4, -0.2) is 21.9 Å². The second-order valence-electron chi connectivity index (χ2n) is 3.70. The van der Waals surface area contributed by atoms with Crippen molar-refractivity contribution in [2.75, 3.05) is 0 Å². The van der Waals surface area contributed by atoms with Crippen LogP contribution < -0.4 is 0 Å². The number of hydrogen-bond donors (Lipinski definition) is 2. The van der Waals surface area contributed by atoms with Gasteiger partial charge in [0.1, 0.15) is 0 Å². The van der Waals surface area contributed by atoms with E-state index in [9.17, 15) is 10.2 Å². The van der Waals surface area contributed by atoms with Crippen LogP contribution in [0.25, 0.3) is 0 Å². The van der Waals surface area contributed by atoms with E-state index in [1.807, 2.05) is 30.3 Å². The third-order valence-electron chi connectivity index (χ3n) is 2.30. The first-order chi connectivity index (χ1) is 6.02. The molecule has 1 aromatic rings. The molecule has 0 amide bonds. The van der Waals surface area contributed by atoms with Crippen molar-refractivity contribution in [1.29, 1.82) is 0 Å². The first-order valence-electron chi connectivity index (χ1n) is 4.47. The molecule has 0 aliphatic rings. The molecular weight excluding hydrogens is 164 g/mol. The maximum atomic E-state index is 9.80. The predicted octanol–water partition coefficient (Wildman–Crippen LogP) is 1.36. The largest absolute Gasteiger partial charge is 0.390 e. The third kappa shape index (κ3) is 2.83. The second-order valence-corrected chi connectivity index (χ2v) is 3.70. The van der Waals surface area contributed by atoms with Crippen LogP contribution >= 0.6 is 0 Å². The maximum Gasteiger partial charge on any atom is 0.0914 e. The fraction of sp³-hybridized carbons (Fsp3) is 0.455. The zero-order chi connectivity index (χ0) is 9.90. The summed E-state index contributed by atoms with van der Waals surface area (Å²) in [5.41, 5.74) is -0.00477. The van der Waals surface area contributed by atoms with Crippen molar-refractivity contribution in [3.8, 4) is 0 Å². The molecule has 0 aliphatic heterocycles. The van der Waals surface area contributed by atoms with Crippen LogP contribution in [0.15, 0.2) is 30.3 Å². The Bertz CT molecular complexity index is 252. The lowest BCUT2D eigenvalue weighted by molar-refractivity contribution is -0.0512. The Balaban J connectivity index is 2.69. The van der Waals surface area contributed by atoms with E-state index in [4.69, 9.17) is 0 Å². The number of rotatable bonds is 3. The Hall–Kier alpha value is -0.860. The average Bonchev–Trinajstić information content (AvgIpc) is 2.05. The standard InChI is InChI=1S/C11H16O2/c1-9(12)11(2,13)8-10-6-4-3-5-7-10/h3-7,9,12-13H,8H2,1-2H3/t9-,11+/m0/s1. The van der Waals surface area contributed by atoms with E-state index in [1.165, 1.54) is 0 Å². The molecule has 2 N–H and O–H groups in total. The summed E-state index contributed by atoms with van der Waals surface area (Å²) in [5, 5.41) is 19.1. The van der Waals surface area contributed by atoms with Crippen LogP contribution in [0.5, 0.6) is 0 Å². The molecule has 0 spiro atoms. The van der Waals surface area contributed by atoms with Gasteiger partial charge in [0.25, 0.3) is 0 Å². The Kier molecular flexibility index (Phi) is 3.07. The Morgan fingerprint density at radius 3 is 2.31 bits per heavy atom. The molecule has 0 unspecified atom stereocenters. The monoisotopic (exact) mass is 180 g/mol. The van der Waals surface area contributed by atoms with Gasteiger partial charge in [0, 0.05) is 6.42 Å². The van der Waals surface area contributed by atoms with Gasteiger partial charge >= 0.3 is 0 Å². The maximum absolute atomic E-state index is 9.80. The summed E-state index contributed by atoms with van der Waals surface area (Å²) in [6.07, 6.45) is -0.237. The molecule has 13 heavy (non-hydrogen) atoms. The van der Waals surface area contributed by atoms with Crippen molar-refractivity contribution < 1.29 is 10.2 Å². The van der Waals surface area contributed by atoms with Crippen LogP contribution in [0, 0.1) is 0 Å². The summed E-state index contributed by atoms with van der Waals surface area (Å²) in [7, 11) is 0. The zero-order valence-corrected chi connectivity index (χ0v) is 8.07. The summed E-state index contributed by atoms with van der Waals surface area (Å²) in [4.78, 5) is 0. The van der Waals surface area contributed by atoms with E-state index >= 15 is 0 Å². The summed E-state index contributed by atoms with van der Waals surface area (Å²) < 4.78 is 0. The smallest absolute Gasteiger partial charge is 0.0914 e. The van der Waals surface area contributed by atoms with Gasteiger partial charge in [-0.25, -0.2) is 0 Å². The number of hydrogen-bond acceptors (Lipinski definition) is 2. The van der Waals surface area contributed by atoms with Gasteiger partial charge in [-0.1, -0.05) is 30.3 Å². The summed E-state index contributed by atoms with van der Waals surface area (Å²) >= 11 is 0. The molecule has 1 aromatic carbocycles. The first kappa shape index (κ1) is 10.2. The zero-order valence-electron chi connectivity index (χ0n) is 8.07. The van der Waals surface area contributed by atoms with Crippen LogP contribution in [0.2, 0.25) is 0 Å². The number of aliphatic hydroxyl groups is 2. The van der Waals surface area contributed by atoms with Crippen LogP contribution in [-0.2, 0) is 6.42 Å².